The van der Waals surface area contributed by atoms with E-state index in [1.165, 1.54) is 18.6 Å². The summed E-state index contributed by atoms with van der Waals surface area (Å²) in [5.74, 6) is 1.30. The molecule has 1 N–H and O–H groups in total. The van der Waals surface area contributed by atoms with Gasteiger partial charge in [-0.15, -0.1) is 0 Å². The zero-order valence-corrected chi connectivity index (χ0v) is 14.1. The van der Waals surface area contributed by atoms with Crippen molar-refractivity contribution in [3.05, 3.63) is 66.5 Å². The smallest absolute Gasteiger partial charge is 0.212 e. The molecule has 0 unspecified atom stereocenters. The molecule has 0 bridgehead atoms. The second-order valence-corrected chi connectivity index (χ2v) is 5.68. The molecule has 0 aliphatic carbocycles. The monoisotopic (exact) mass is 338 g/mol. The maximum Gasteiger partial charge on any atom is 0.212 e. The third-order valence-electron chi connectivity index (χ3n) is 3.95. The molecule has 0 aliphatic heterocycles. The van der Waals surface area contributed by atoms with Crippen LogP contribution >= 0.6 is 0 Å². The van der Waals surface area contributed by atoms with Crippen molar-refractivity contribution >= 4 is 5.82 Å². The van der Waals surface area contributed by atoms with Crippen molar-refractivity contribution in [3.8, 4) is 17.0 Å². The molecule has 0 saturated heterocycles. The largest absolute Gasteiger partial charge is 0.496 e. The predicted octanol–water partition coefficient (Wildman–Crippen LogP) is 3.90. The molecule has 128 valence electrons. The Kier molecular flexibility index (Phi) is 5.18. The van der Waals surface area contributed by atoms with Gasteiger partial charge in [-0.3, -0.25) is 0 Å². The minimum absolute atomic E-state index is 0.238. The van der Waals surface area contributed by atoms with Crippen LogP contribution in [0.5, 0.6) is 5.75 Å². The molecule has 0 fully saturated rings. The molecular formula is C19H19FN4O. The zero-order valence-electron chi connectivity index (χ0n) is 14.1. The number of anilines is 1. The summed E-state index contributed by atoms with van der Waals surface area (Å²) in [6, 6.07) is 12.7. The summed E-state index contributed by atoms with van der Waals surface area (Å²) >= 11 is 0. The highest BCUT2D eigenvalue weighted by atomic mass is 19.1. The molecule has 3 aromatic rings. The summed E-state index contributed by atoms with van der Waals surface area (Å²) in [6.45, 7) is 2.81. The van der Waals surface area contributed by atoms with E-state index >= 15 is 0 Å². The molecule has 0 saturated carbocycles. The number of halogens is 1. The topological polar surface area (TPSA) is 59.9 Å². The molecule has 1 atom stereocenters. The number of aromatic nitrogens is 3. The maximum atomic E-state index is 12.9. The SMILES string of the molecule is COc1ccccc1[C@H](C)CNc1cc(-c2ccc(F)nc2)ncn1. The first-order valence-corrected chi connectivity index (χ1v) is 7.98. The van der Waals surface area contributed by atoms with Crippen LogP contribution in [0.4, 0.5) is 10.2 Å². The molecule has 6 heteroatoms. The molecular weight excluding hydrogens is 319 g/mol. The van der Waals surface area contributed by atoms with Crippen LogP contribution in [-0.2, 0) is 0 Å². The van der Waals surface area contributed by atoms with Crippen molar-refractivity contribution in [1.82, 2.24) is 15.0 Å². The lowest BCUT2D eigenvalue weighted by Crippen LogP contribution is -2.12. The van der Waals surface area contributed by atoms with Gasteiger partial charge >= 0.3 is 0 Å². The molecule has 5 nitrogen and oxygen atoms in total. The zero-order chi connectivity index (χ0) is 17.6. The van der Waals surface area contributed by atoms with Gasteiger partial charge in [-0.25, -0.2) is 15.0 Å². The van der Waals surface area contributed by atoms with Crippen LogP contribution in [0.25, 0.3) is 11.3 Å². The van der Waals surface area contributed by atoms with Gasteiger partial charge in [-0.2, -0.15) is 4.39 Å². The van der Waals surface area contributed by atoms with Crippen LogP contribution < -0.4 is 10.1 Å². The van der Waals surface area contributed by atoms with E-state index in [0.717, 1.165) is 16.9 Å². The second-order valence-electron chi connectivity index (χ2n) is 5.68. The number of nitrogens with one attached hydrogen (secondary N) is 1. The number of hydrogen-bond donors (Lipinski definition) is 1. The van der Waals surface area contributed by atoms with E-state index in [2.05, 4.69) is 33.3 Å². The van der Waals surface area contributed by atoms with Gasteiger partial charge in [0.2, 0.25) is 5.95 Å². The average molecular weight is 338 g/mol. The fourth-order valence-electron chi connectivity index (χ4n) is 2.58. The summed E-state index contributed by atoms with van der Waals surface area (Å²) in [5, 5.41) is 3.31. The Morgan fingerprint density at radius 1 is 1.12 bits per heavy atom. The Balaban J connectivity index is 1.71. The lowest BCUT2D eigenvalue weighted by atomic mass is 10.00. The Labute approximate surface area is 145 Å². The first-order valence-electron chi connectivity index (χ1n) is 7.98. The summed E-state index contributed by atoms with van der Waals surface area (Å²) in [4.78, 5) is 12.1. The third kappa shape index (κ3) is 4.09. The number of nitrogens with zero attached hydrogens (tertiary/aromatic N) is 3. The van der Waals surface area contributed by atoms with Gasteiger partial charge in [0.05, 0.1) is 12.8 Å². The van der Waals surface area contributed by atoms with Gasteiger partial charge in [0.1, 0.15) is 17.9 Å². The number of pyridine rings is 1. The molecule has 2 heterocycles. The molecule has 0 radical (unpaired) electrons. The fourth-order valence-corrected chi connectivity index (χ4v) is 2.58. The van der Waals surface area contributed by atoms with Gasteiger partial charge < -0.3 is 10.1 Å². The summed E-state index contributed by atoms with van der Waals surface area (Å²) in [5.41, 5.74) is 2.56. The first kappa shape index (κ1) is 16.8. The number of methoxy groups -OCH3 is 1. The predicted molar refractivity (Wildman–Crippen MR) is 95.1 cm³/mol. The number of ether oxygens (including phenoxy) is 1. The van der Waals surface area contributed by atoms with E-state index in [1.807, 2.05) is 24.3 Å². The summed E-state index contributed by atoms with van der Waals surface area (Å²) in [6.07, 6.45) is 2.94. The standard InChI is InChI=1S/C19H19FN4O/c1-13(15-5-3-4-6-17(15)25-2)10-22-19-9-16(23-12-24-19)14-7-8-18(20)21-11-14/h3-9,11-13H,10H2,1-2H3,(H,22,23,24)/t13-/m1/s1. The van der Waals surface area contributed by atoms with Gasteiger partial charge in [-0.1, -0.05) is 25.1 Å². The minimum atomic E-state index is -0.512. The second kappa shape index (κ2) is 7.70. The van der Waals surface area contributed by atoms with Gasteiger partial charge in [-0.05, 0) is 23.8 Å². The summed E-state index contributed by atoms with van der Waals surface area (Å²) < 4.78 is 18.4. The number of rotatable bonds is 6. The van der Waals surface area contributed by atoms with Crippen molar-refractivity contribution in [2.24, 2.45) is 0 Å². The molecule has 25 heavy (non-hydrogen) atoms. The highest BCUT2D eigenvalue weighted by Gasteiger charge is 2.11. The van der Waals surface area contributed by atoms with Crippen LogP contribution in [0.2, 0.25) is 0 Å². The van der Waals surface area contributed by atoms with Crippen LogP contribution in [-0.4, -0.2) is 28.6 Å². The Hall–Kier alpha value is -3.02. The Morgan fingerprint density at radius 3 is 2.72 bits per heavy atom. The summed E-state index contributed by atoms with van der Waals surface area (Å²) in [7, 11) is 1.67. The van der Waals surface area contributed by atoms with Crippen molar-refractivity contribution in [2.75, 3.05) is 19.0 Å². The molecule has 0 amide bonds. The van der Waals surface area contributed by atoms with Crippen LogP contribution in [0, 0.1) is 5.95 Å². The van der Waals surface area contributed by atoms with E-state index in [0.29, 0.717) is 18.1 Å². The fraction of sp³-hybridized carbons (Fsp3) is 0.211. The van der Waals surface area contributed by atoms with Crippen molar-refractivity contribution < 1.29 is 9.13 Å². The van der Waals surface area contributed by atoms with Crippen molar-refractivity contribution in [1.29, 1.82) is 0 Å². The van der Waals surface area contributed by atoms with Crippen molar-refractivity contribution in [2.45, 2.75) is 12.8 Å². The normalized spacial score (nSPS) is 11.8. The highest BCUT2D eigenvalue weighted by Crippen LogP contribution is 2.26. The van der Waals surface area contributed by atoms with Crippen LogP contribution in [0.3, 0.4) is 0 Å². The van der Waals surface area contributed by atoms with E-state index < -0.39 is 5.95 Å². The number of hydrogen-bond acceptors (Lipinski definition) is 5. The lowest BCUT2D eigenvalue weighted by Gasteiger charge is -2.16. The molecule has 1 aromatic carbocycles. The highest BCUT2D eigenvalue weighted by molar-refractivity contribution is 5.61. The van der Waals surface area contributed by atoms with Gasteiger partial charge in [0, 0.05) is 30.3 Å². The number of benzene rings is 1. The Morgan fingerprint density at radius 2 is 1.96 bits per heavy atom. The average Bonchev–Trinajstić information content (AvgIpc) is 2.67. The molecule has 0 spiro atoms. The number of para-hydroxylation sites is 1. The van der Waals surface area contributed by atoms with E-state index in [-0.39, 0.29) is 5.92 Å². The quantitative estimate of drug-likeness (QED) is 0.691. The molecule has 3 rings (SSSR count). The maximum absolute atomic E-state index is 12.9. The van der Waals surface area contributed by atoms with Crippen LogP contribution in [0.15, 0.2) is 55.0 Å². The van der Waals surface area contributed by atoms with Gasteiger partial charge in [0.15, 0.2) is 0 Å². The van der Waals surface area contributed by atoms with E-state index in [1.54, 1.807) is 13.2 Å². The Bertz CT molecular complexity index is 839. The van der Waals surface area contributed by atoms with E-state index in [4.69, 9.17) is 4.74 Å². The van der Waals surface area contributed by atoms with Gasteiger partial charge in [0.25, 0.3) is 0 Å². The van der Waals surface area contributed by atoms with Crippen molar-refractivity contribution in [3.63, 3.8) is 0 Å². The van der Waals surface area contributed by atoms with Crippen LogP contribution in [0.1, 0.15) is 18.4 Å². The molecule has 2 aromatic heterocycles. The first-order chi connectivity index (χ1) is 12.2. The van der Waals surface area contributed by atoms with E-state index in [9.17, 15) is 4.39 Å². The minimum Gasteiger partial charge on any atom is -0.496 e. The third-order valence-corrected chi connectivity index (χ3v) is 3.95. The lowest BCUT2D eigenvalue weighted by molar-refractivity contribution is 0.407. The molecule has 0 aliphatic rings.